The van der Waals surface area contributed by atoms with Crippen molar-refractivity contribution >= 4 is 10.0 Å². The molecule has 0 aliphatic heterocycles. The molecule has 0 amide bonds. The van der Waals surface area contributed by atoms with Crippen molar-refractivity contribution < 1.29 is 8.42 Å². The van der Waals surface area contributed by atoms with Crippen LogP contribution in [0.4, 0.5) is 0 Å². The highest BCUT2D eigenvalue weighted by molar-refractivity contribution is 7.88. The fourth-order valence-electron chi connectivity index (χ4n) is 1.50. The second kappa shape index (κ2) is 5.11. The van der Waals surface area contributed by atoms with Gasteiger partial charge in [-0.2, -0.15) is 5.10 Å². The highest BCUT2D eigenvalue weighted by Gasteiger charge is 2.21. The van der Waals surface area contributed by atoms with Gasteiger partial charge in [0.05, 0.1) is 12.8 Å². The molecule has 0 fully saturated rings. The standard InChI is InChI=1S/C9H19N5O2S/c1-9(2,13-17(4,15)16)6-10-5-8-11-7-12-14(8)3/h7,10,13H,5-6H2,1-4H3. The van der Waals surface area contributed by atoms with E-state index in [-0.39, 0.29) is 0 Å². The van der Waals surface area contributed by atoms with Crippen LogP contribution in [0.3, 0.4) is 0 Å². The molecule has 0 bridgehead atoms. The first-order valence-corrected chi connectivity index (χ1v) is 7.11. The van der Waals surface area contributed by atoms with Gasteiger partial charge in [0.2, 0.25) is 10.0 Å². The average Bonchev–Trinajstić information content (AvgIpc) is 2.47. The van der Waals surface area contributed by atoms with E-state index in [2.05, 4.69) is 20.1 Å². The second-order valence-electron chi connectivity index (χ2n) is 4.66. The Bertz CT molecular complexity index is 465. The Balaban J connectivity index is 2.43. The van der Waals surface area contributed by atoms with Crippen molar-refractivity contribution in [1.29, 1.82) is 0 Å². The molecule has 0 spiro atoms. The van der Waals surface area contributed by atoms with E-state index in [1.807, 2.05) is 20.9 Å². The molecule has 7 nitrogen and oxygen atoms in total. The summed E-state index contributed by atoms with van der Waals surface area (Å²) in [6.07, 6.45) is 2.63. The summed E-state index contributed by atoms with van der Waals surface area (Å²) in [6, 6.07) is 0. The van der Waals surface area contributed by atoms with Crippen LogP contribution >= 0.6 is 0 Å². The van der Waals surface area contributed by atoms with Gasteiger partial charge >= 0.3 is 0 Å². The minimum Gasteiger partial charge on any atom is -0.308 e. The van der Waals surface area contributed by atoms with Crippen molar-refractivity contribution in [3.8, 4) is 0 Å². The van der Waals surface area contributed by atoms with Gasteiger partial charge in [-0.25, -0.2) is 18.1 Å². The zero-order valence-electron chi connectivity index (χ0n) is 10.6. The van der Waals surface area contributed by atoms with E-state index in [0.29, 0.717) is 13.1 Å². The molecule has 0 aliphatic rings. The van der Waals surface area contributed by atoms with E-state index in [1.165, 1.54) is 6.33 Å². The molecule has 0 saturated heterocycles. The van der Waals surface area contributed by atoms with Gasteiger partial charge in [-0.05, 0) is 13.8 Å². The lowest BCUT2D eigenvalue weighted by Gasteiger charge is -2.25. The van der Waals surface area contributed by atoms with Crippen LogP contribution in [-0.2, 0) is 23.6 Å². The molecule has 2 N–H and O–H groups in total. The zero-order valence-corrected chi connectivity index (χ0v) is 11.4. The van der Waals surface area contributed by atoms with E-state index >= 15 is 0 Å². The number of nitrogens with zero attached hydrogens (tertiary/aromatic N) is 3. The predicted molar refractivity (Wildman–Crippen MR) is 64.8 cm³/mol. The maximum Gasteiger partial charge on any atom is 0.209 e. The van der Waals surface area contributed by atoms with Crippen molar-refractivity contribution in [2.45, 2.75) is 25.9 Å². The number of aryl methyl sites for hydroxylation is 1. The molecule has 1 rings (SSSR count). The van der Waals surface area contributed by atoms with Gasteiger partial charge in [-0.1, -0.05) is 0 Å². The number of hydrogen-bond acceptors (Lipinski definition) is 5. The molecule has 8 heteroatoms. The summed E-state index contributed by atoms with van der Waals surface area (Å²) in [5.41, 5.74) is -0.536. The lowest BCUT2D eigenvalue weighted by Crippen LogP contribution is -2.49. The average molecular weight is 261 g/mol. The van der Waals surface area contributed by atoms with Crippen molar-refractivity contribution in [3.63, 3.8) is 0 Å². The minimum atomic E-state index is -3.20. The molecule has 0 unspecified atom stereocenters. The fourth-order valence-corrected chi connectivity index (χ4v) is 2.58. The topological polar surface area (TPSA) is 88.9 Å². The zero-order chi connectivity index (χ0) is 13.1. The van der Waals surface area contributed by atoms with Crippen LogP contribution in [0.2, 0.25) is 0 Å². The van der Waals surface area contributed by atoms with Gasteiger partial charge in [-0.3, -0.25) is 4.68 Å². The lowest BCUT2D eigenvalue weighted by molar-refractivity contribution is 0.416. The summed E-state index contributed by atoms with van der Waals surface area (Å²) in [4.78, 5) is 4.06. The van der Waals surface area contributed by atoms with Crippen LogP contribution in [0.25, 0.3) is 0 Å². The third-order valence-corrected chi connectivity index (χ3v) is 3.04. The van der Waals surface area contributed by atoms with E-state index in [9.17, 15) is 8.42 Å². The molecule has 0 aromatic carbocycles. The summed E-state index contributed by atoms with van der Waals surface area (Å²) < 4.78 is 26.5. The Kier molecular flexibility index (Phi) is 4.23. The van der Waals surface area contributed by atoms with Crippen LogP contribution in [0.15, 0.2) is 6.33 Å². The van der Waals surface area contributed by atoms with Crippen molar-refractivity contribution in [2.24, 2.45) is 7.05 Å². The number of rotatable bonds is 6. The van der Waals surface area contributed by atoms with E-state index in [1.54, 1.807) is 4.68 Å². The second-order valence-corrected chi connectivity index (χ2v) is 6.41. The molecule has 17 heavy (non-hydrogen) atoms. The molecule has 0 radical (unpaired) electrons. The highest BCUT2D eigenvalue weighted by Crippen LogP contribution is 2.02. The highest BCUT2D eigenvalue weighted by atomic mass is 32.2. The summed E-state index contributed by atoms with van der Waals surface area (Å²) in [7, 11) is -1.39. The van der Waals surface area contributed by atoms with Gasteiger partial charge in [0.25, 0.3) is 0 Å². The van der Waals surface area contributed by atoms with E-state index < -0.39 is 15.6 Å². The number of hydrogen-bond donors (Lipinski definition) is 2. The maximum atomic E-state index is 11.1. The van der Waals surface area contributed by atoms with Crippen molar-refractivity contribution in [1.82, 2.24) is 24.8 Å². The van der Waals surface area contributed by atoms with Crippen LogP contribution in [0, 0.1) is 0 Å². The van der Waals surface area contributed by atoms with E-state index in [0.717, 1.165) is 12.1 Å². The Morgan fingerprint density at radius 1 is 1.47 bits per heavy atom. The summed E-state index contributed by atoms with van der Waals surface area (Å²) in [6.45, 7) is 4.69. The van der Waals surface area contributed by atoms with Crippen molar-refractivity contribution in [2.75, 3.05) is 12.8 Å². The number of nitrogens with one attached hydrogen (secondary N) is 2. The monoisotopic (exact) mass is 261 g/mol. The van der Waals surface area contributed by atoms with Gasteiger partial charge in [-0.15, -0.1) is 0 Å². The maximum absolute atomic E-state index is 11.1. The predicted octanol–water partition coefficient (Wildman–Crippen LogP) is -0.767. The van der Waals surface area contributed by atoms with Crippen molar-refractivity contribution in [3.05, 3.63) is 12.2 Å². The molecule has 1 aromatic rings. The lowest BCUT2D eigenvalue weighted by atomic mass is 10.1. The van der Waals surface area contributed by atoms with Crippen LogP contribution in [-0.4, -0.2) is 41.5 Å². The van der Waals surface area contributed by atoms with Crippen LogP contribution in [0.1, 0.15) is 19.7 Å². The Hall–Kier alpha value is -0.990. The molecule has 1 aromatic heterocycles. The Morgan fingerprint density at radius 2 is 2.12 bits per heavy atom. The summed E-state index contributed by atoms with van der Waals surface area (Å²) in [5.74, 6) is 0.806. The molecular weight excluding hydrogens is 242 g/mol. The number of sulfonamides is 1. The Morgan fingerprint density at radius 3 is 2.59 bits per heavy atom. The molecule has 1 heterocycles. The third-order valence-electron chi connectivity index (χ3n) is 2.12. The molecular formula is C9H19N5O2S. The van der Waals surface area contributed by atoms with Crippen LogP contribution in [0.5, 0.6) is 0 Å². The first-order chi connectivity index (χ1) is 7.70. The molecule has 0 saturated carbocycles. The Labute approximate surface area is 102 Å². The molecule has 98 valence electrons. The first kappa shape index (κ1) is 14.1. The van der Waals surface area contributed by atoms with Gasteiger partial charge < -0.3 is 5.32 Å². The fraction of sp³-hybridized carbons (Fsp3) is 0.778. The van der Waals surface area contributed by atoms with Gasteiger partial charge in [0, 0.05) is 19.1 Å². The smallest absolute Gasteiger partial charge is 0.209 e. The molecule has 0 atom stereocenters. The normalized spacial score (nSPS) is 12.9. The van der Waals surface area contributed by atoms with E-state index in [4.69, 9.17) is 0 Å². The van der Waals surface area contributed by atoms with Gasteiger partial charge in [0.1, 0.15) is 12.2 Å². The summed E-state index contributed by atoms with van der Waals surface area (Å²) in [5, 5.41) is 7.09. The first-order valence-electron chi connectivity index (χ1n) is 5.22. The largest absolute Gasteiger partial charge is 0.308 e. The minimum absolute atomic E-state index is 0.507. The van der Waals surface area contributed by atoms with Crippen LogP contribution < -0.4 is 10.0 Å². The quantitative estimate of drug-likeness (QED) is 0.702. The molecule has 0 aliphatic carbocycles. The van der Waals surface area contributed by atoms with Gasteiger partial charge in [0.15, 0.2) is 0 Å². The SMILES string of the molecule is Cn1ncnc1CNCC(C)(C)NS(C)(=O)=O. The summed E-state index contributed by atoms with van der Waals surface area (Å²) >= 11 is 0. The third kappa shape index (κ3) is 5.24. The number of aromatic nitrogens is 3.